The summed E-state index contributed by atoms with van der Waals surface area (Å²) in [6.07, 6.45) is -0.729. The summed E-state index contributed by atoms with van der Waals surface area (Å²) in [6, 6.07) is 8.95. The standard InChI is InChI=1S/C21H25NO4/c1-12-9-13(2)20(14(3)10-12)22-21(24)16(5)26-18-8-7-17(15(4)23)11-19(18)25-6/h7-11,16H,1-6H3,(H,22,24)/t16-/m0/s1. The Labute approximate surface area is 154 Å². The number of carbonyl (C=O) groups excluding carboxylic acids is 2. The first-order valence-electron chi connectivity index (χ1n) is 8.47. The maximum Gasteiger partial charge on any atom is 0.265 e. The molecule has 1 amide bonds. The highest BCUT2D eigenvalue weighted by Crippen LogP contribution is 2.29. The van der Waals surface area contributed by atoms with Crippen LogP contribution in [0.25, 0.3) is 0 Å². The second kappa shape index (κ2) is 8.04. The lowest BCUT2D eigenvalue weighted by atomic mass is 10.0. The Morgan fingerprint density at radius 1 is 1.00 bits per heavy atom. The summed E-state index contributed by atoms with van der Waals surface area (Å²) in [5, 5.41) is 2.93. The normalized spacial score (nSPS) is 11.6. The van der Waals surface area contributed by atoms with Crippen LogP contribution < -0.4 is 14.8 Å². The molecular formula is C21H25NO4. The monoisotopic (exact) mass is 355 g/mol. The molecule has 26 heavy (non-hydrogen) atoms. The molecule has 0 aromatic heterocycles. The molecule has 0 aliphatic heterocycles. The zero-order valence-corrected chi connectivity index (χ0v) is 16.1. The van der Waals surface area contributed by atoms with Gasteiger partial charge in [-0.3, -0.25) is 9.59 Å². The molecule has 0 aliphatic rings. The fraction of sp³-hybridized carbons (Fsp3) is 0.333. The van der Waals surface area contributed by atoms with Crippen LogP contribution in [0.15, 0.2) is 30.3 Å². The number of anilines is 1. The number of amides is 1. The highest BCUT2D eigenvalue weighted by atomic mass is 16.5. The fourth-order valence-electron chi connectivity index (χ4n) is 2.83. The van der Waals surface area contributed by atoms with Gasteiger partial charge >= 0.3 is 0 Å². The van der Waals surface area contributed by atoms with E-state index in [1.807, 2.05) is 32.9 Å². The second-order valence-electron chi connectivity index (χ2n) is 6.44. The fourth-order valence-corrected chi connectivity index (χ4v) is 2.83. The molecule has 0 saturated heterocycles. The number of nitrogens with one attached hydrogen (secondary N) is 1. The minimum atomic E-state index is -0.729. The minimum absolute atomic E-state index is 0.0639. The van der Waals surface area contributed by atoms with Gasteiger partial charge in [-0.15, -0.1) is 0 Å². The Bertz CT molecular complexity index is 819. The van der Waals surface area contributed by atoms with E-state index in [-0.39, 0.29) is 11.7 Å². The van der Waals surface area contributed by atoms with Gasteiger partial charge in [0.25, 0.3) is 5.91 Å². The van der Waals surface area contributed by atoms with Crippen molar-refractivity contribution in [3.63, 3.8) is 0 Å². The van der Waals surface area contributed by atoms with E-state index in [9.17, 15) is 9.59 Å². The molecular weight excluding hydrogens is 330 g/mol. The topological polar surface area (TPSA) is 64.6 Å². The molecule has 0 radical (unpaired) electrons. The maximum atomic E-state index is 12.5. The van der Waals surface area contributed by atoms with Gasteiger partial charge in [0.1, 0.15) is 0 Å². The number of Topliss-reactive ketones (excluding diaryl/α,β-unsaturated/α-hetero) is 1. The Hall–Kier alpha value is -2.82. The Balaban J connectivity index is 2.16. The third kappa shape index (κ3) is 4.42. The van der Waals surface area contributed by atoms with Crippen molar-refractivity contribution in [2.45, 2.75) is 40.7 Å². The molecule has 2 rings (SSSR count). The third-order valence-electron chi connectivity index (χ3n) is 4.17. The summed E-state index contributed by atoms with van der Waals surface area (Å²) in [6.45, 7) is 9.10. The van der Waals surface area contributed by atoms with Gasteiger partial charge in [0, 0.05) is 11.3 Å². The SMILES string of the molecule is COc1cc(C(C)=O)ccc1O[C@@H](C)C(=O)Nc1c(C)cc(C)cc1C. The summed E-state index contributed by atoms with van der Waals surface area (Å²) in [4.78, 5) is 24.0. The molecule has 1 N–H and O–H groups in total. The number of aryl methyl sites for hydroxylation is 3. The first-order valence-corrected chi connectivity index (χ1v) is 8.47. The molecule has 0 fully saturated rings. The predicted molar refractivity (Wildman–Crippen MR) is 102 cm³/mol. The van der Waals surface area contributed by atoms with Gasteiger partial charge in [0.05, 0.1) is 7.11 Å². The summed E-state index contributed by atoms with van der Waals surface area (Å²) in [5.41, 5.74) is 4.49. The first-order chi connectivity index (χ1) is 12.2. The van der Waals surface area contributed by atoms with Crippen molar-refractivity contribution in [1.82, 2.24) is 0 Å². The zero-order valence-electron chi connectivity index (χ0n) is 16.1. The zero-order chi connectivity index (χ0) is 19.4. The van der Waals surface area contributed by atoms with Crippen LogP contribution in [0.5, 0.6) is 11.5 Å². The van der Waals surface area contributed by atoms with Gasteiger partial charge < -0.3 is 14.8 Å². The van der Waals surface area contributed by atoms with Gasteiger partial charge in [-0.05, 0) is 63.9 Å². The van der Waals surface area contributed by atoms with Gasteiger partial charge in [-0.2, -0.15) is 0 Å². The lowest BCUT2D eigenvalue weighted by Gasteiger charge is -2.19. The quantitative estimate of drug-likeness (QED) is 0.788. The third-order valence-corrected chi connectivity index (χ3v) is 4.17. The van der Waals surface area contributed by atoms with E-state index in [2.05, 4.69) is 5.32 Å². The van der Waals surface area contributed by atoms with Crippen molar-refractivity contribution >= 4 is 17.4 Å². The van der Waals surface area contributed by atoms with Crippen LogP contribution in [0.4, 0.5) is 5.69 Å². The Morgan fingerprint density at radius 2 is 1.62 bits per heavy atom. The van der Waals surface area contributed by atoms with Crippen LogP contribution >= 0.6 is 0 Å². The Morgan fingerprint density at radius 3 is 2.15 bits per heavy atom. The Kier molecular flexibility index (Phi) is 6.03. The molecule has 2 aromatic rings. The number of hydrogen-bond acceptors (Lipinski definition) is 4. The molecule has 138 valence electrons. The van der Waals surface area contributed by atoms with Crippen molar-refractivity contribution in [1.29, 1.82) is 0 Å². The number of hydrogen-bond donors (Lipinski definition) is 1. The highest BCUT2D eigenvalue weighted by Gasteiger charge is 2.19. The van der Waals surface area contributed by atoms with Crippen LogP contribution in [-0.2, 0) is 4.79 Å². The minimum Gasteiger partial charge on any atom is -0.493 e. The van der Waals surface area contributed by atoms with Crippen molar-refractivity contribution in [3.8, 4) is 11.5 Å². The van der Waals surface area contributed by atoms with Gasteiger partial charge in [0.15, 0.2) is 23.4 Å². The lowest BCUT2D eigenvalue weighted by Crippen LogP contribution is -2.30. The van der Waals surface area contributed by atoms with Crippen molar-refractivity contribution in [2.24, 2.45) is 0 Å². The summed E-state index contributed by atoms with van der Waals surface area (Å²) in [5.74, 6) is 0.515. The van der Waals surface area contributed by atoms with E-state index in [0.717, 1.165) is 22.4 Å². The second-order valence-corrected chi connectivity index (χ2v) is 6.44. The van der Waals surface area contributed by atoms with Crippen LogP contribution in [0, 0.1) is 20.8 Å². The van der Waals surface area contributed by atoms with E-state index >= 15 is 0 Å². The molecule has 1 atom stereocenters. The smallest absolute Gasteiger partial charge is 0.265 e. The van der Waals surface area contributed by atoms with E-state index in [1.54, 1.807) is 25.1 Å². The van der Waals surface area contributed by atoms with Crippen molar-refractivity contribution in [3.05, 3.63) is 52.6 Å². The number of ether oxygens (including phenoxy) is 2. The lowest BCUT2D eigenvalue weighted by molar-refractivity contribution is -0.122. The maximum absolute atomic E-state index is 12.5. The summed E-state index contributed by atoms with van der Waals surface area (Å²) < 4.78 is 11.0. The molecule has 2 aromatic carbocycles. The molecule has 5 heteroatoms. The molecule has 0 saturated carbocycles. The van der Waals surface area contributed by atoms with E-state index in [1.165, 1.54) is 14.0 Å². The van der Waals surface area contributed by atoms with Crippen LogP contribution in [-0.4, -0.2) is 24.9 Å². The van der Waals surface area contributed by atoms with Crippen LogP contribution in [0.3, 0.4) is 0 Å². The average molecular weight is 355 g/mol. The van der Waals surface area contributed by atoms with Crippen molar-refractivity contribution in [2.75, 3.05) is 12.4 Å². The molecule has 0 spiro atoms. The highest BCUT2D eigenvalue weighted by molar-refractivity contribution is 5.96. The largest absolute Gasteiger partial charge is 0.493 e. The molecule has 0 unspecified atom stereocenters. The van der Waals surface area contributed by atoms with Crippen LogP contribution in [0.2, 0.25) is 0 Å². The molecule has 0 bridgehead atoms. The molecule has 5 nitrogen and oxygen atoms in total. The number of methoxy groups -OCH3 is 1. The summed E-state index contributed by atoms with van der Waals surface area (Å²) >= 11 is 0. The van der Waals surface area contributed by atoms with Crippen LogP contribution in [0.1, 0.15) is 40.9 Å². The predicted octanol–water partition coefficient (Wildman–Crippen LogP) is 4.23. The number of ketones is 1. The number of benzene rings is 2. The van der Waals surface area contributed by atoms with E-state index < -0.39 is 6.10 Å². The molecule has 0 aliphatic carbocycles. The average Bonchev–Trinajstić information content (AvgIpc) is 2.57. The van der Waals surface area contributed by atoms with Crippen molar-refractivity contribution < 1.29 is 19.1 Å². The number of carbonyl (C=O) groups is 2. The van der Waals surface area contributed by atoms with E-state index in [0.29, 0.717) is 17.1 Å². The summed E-state index contributed by atoms with van der Waals surface area (Å²) in [7, 11) is 1.50. The van der Waals surface area contributed by atoms with Gasteiger partial charge in [-0.1, -0.05) is 17.7 Å². The van der Waals surface area contributed by atoms with Gasteiger partial charge in [-0.25, -0.2) is 0 Å². The molecule has 0 heterocycles. The first kappa shape index (κ1) is 19.5. The van der Waals surface area contributed by atoms with E-state index in [4.69, 9.17) is 9.47 Å². The van der Waals surface area contributed by atoms with Gasteiger partial charge in [0.2, 0.25) is 0 Å². The number of rotatable bonds is 6.